The summed E-state index contributed by atoms with van der Waals surface area (Å²) in [6.07, 6.45) is 7.79. The maximum atomic E-state index is 12.7. The Kier molecular flexibility index (Phi) is 9.55. The summed E-state index contributed by atoms with van der Waals surface area (Å²) in [5, 5.41) is 5.78. The van der Waals surface area contributed by atoms with E-state index in [9.17, 15) is 28.8 Å². The Hall–Kier alpha value is -3.18. The molecule has 5 aliphatic rings. The van der Waals surface area contributed by atoms with Gasteiger partial charge in [-0.2, -0.15) is 0 Å². The molecule has 2 heterocycles. The summed E-state index contributed by atoms with van der Waals surface area (Å²) in [5.74, 6) is -1.46. The van der Waals surface area contributed by atoms with Gasteiger partial charge in [-0.25, -0.2) is 9.59 Å². The lowest BCUT2D eigenvalue weighted by molar-refractivity contribution is -0.142. The lowest BCUT2D eigenvalue weighted by Gasteiger charge is -2.46. The molecule has 12 nitrogen and oxygen atoms in total. The van der Waals surface area contributed by atoms with Crippen molar-refractivity contribution in [3.63, 3.8) is 0 Å². The van der Waals surface area contributed by atoms with E-state index in [2.05, 4.69) is 31.4 Å². The van der Waals surface area contributed by atoms with Gasteiger partial charge in [0.2, 0.25) is 23.6 Å². The number of fused-ring (bicyclic) bond motifs is 2. The Morgan fingerprint density at radius 2 is 1.14 bits per heavy atom. The number of likely N-dealkylation sites (tertiary alicyclic amines) is 2. The van der Waals surface area contributed by atoms with Gasteiger partial charge in [0.15, 0.2) is 0 Å². The highest BCUT2D eigenvalue weighted by molar-refractivity contribution is 6.05. The zero-order valence-electron chi connectivity index (χ0n) is 26.4. The summed E-state index contributed by atoms with van der Waals surface area (Å²) >= 11 is 0. The van der Waals surface area contributed by atoms with Gasteiger partial charge in [0, 0.05) is 12.6 Å². The minimum absolute atomic E-state index is 0.0561. The Labute approximate surface area is 259 Å². The molecule has 2 aliphatic heterocycles. The van der Waals surface area contributed by atoms with Crippen LogP contribution in [-0.2, 0) is 28.7 Å². The van der Waals surface area contributed by atoms with E-state index in [1.807, 2.05) is 0 Å². The van der Waals surface area contributed by atoms with Crippen molar-refractivity contribution < 1.29 is 38.2 Å². The van der Waals surface area contributed by atoms with E-state index in [4.69, 9.17) is 9.47 Å². The van der Waals surface area contributed by atoms with E-state index in [0.29, 0.717) is 13.0 Å². The second-order valence-corrected chi connectivity index (χ2v) is 14.7. The van der Waals surface area contributed by atoms with Gasteiger partial charge in [-0.05, 0) is 55.8 Å². The highest BCUT2D eigenvalue weighted by Crippen LogP contribution is 2.46. The summed E-state index contributed by atoms with van der Waals surface area (Å²) in [7, 11) is 0. The molecule has 0 aromatic heterocycles. The maximum absolute atomic E-state index is 12.7. The van der Waals surface area contributed by atoms with E-state index in [-0.39, 0.29) is 90.5 Å². The Morgan fingerprint density at radius 3 is 1.59 bits per heavy atom. The monoisotopic (exact) mass is 616 g/mol. The predicted molar refractivity (Wildman–Crippen MR) is 158 cm³/mol. The van der Waals surface area contributed by atoms with Gasteiger partial charge < -0.3 is 20.1 Å². The first-order valence-corrected chi connectivity index (χ1v) is 16.4. The Bertz CT molecular complexity index is 1120. The Morgan fingerprint density at radius 1 is 0.705 bits per heavy atom. The molecule has 44 heavy (non-hydrogen) atoms. The second kappa shape index (κ2) is 13.0. The van der Waals surface area contributed by atoms with Crippen LogP contribution in [0.5, 0.6) is 0 Å². The number of nitrogens with one attached hydrogen (secondary N) is 2. The van der Waals surface area contributed by atoms with E-state index in [1.165, 1.54) is 9.80 Å². The molecule has 5 rings (SSSR count). The molecule has 244 valence electrons. The fraction of sp³-hybridized carbons (Fsp3) is 0.812. The van der Waals surface area contributed by atoms with Gasteiger partial charge in [-0.15, -0.1) is 0 Å². The van der Waals surface area contributed by atoms with Crippen molar-refractivity contribution in [2.45, 2.75) is 97.4 Å². The van der Waals surface area contributed by atoms with Crippen molar-refractivity contribution in [1.29, 1.82) is 0 Å². The van der Waals surface area contributed by atoms with Gasteiger partial charge in [-0.1, -0.05) is 46.5 Å². The molecule has 5 fully saturated rings. The summed E-state index contributed by atoms with van der Waals surface area (Å²) in [5.41, 5.74) is -0.450. The fourth-order valence-corrected chi connectivity index (χ4v) is 8.78. The first-order chi connectivity index (χ1) is 20.9. The first kappa shape index (κ1) is 32.2. The minimum Gasteiger partial charge on any atom is -0.448 e. The highest BCUT2D eigenvalue weighted by atomic mass is 16.6. The molecular weight excluding hydrogens is 568 g/mol. The molecule has 0 aromatic rings. The van der Waals surface area contributed by atoms with Gasteiger partial charge >= 0.3 is 12.2 Å². The van der Waals surface area contributed by atoms with Crippen LogP contribution in [0.4, 0.5) is 9.59 Å². The van der Waals surface area contributed by atoms with Crippen LogP contribution in [0.1, 0.15) is 91.4 Å². The molecule has 0 spiro atoms. The van der Waals surface area contributed by atoms with Crippen LogP contribution >= 0.6 is 0 Å². The van der Waals surface area contributed by atoms with E-state index in [1.54, 1.807) is 0 Å². The summed E-state index contributed by atoms with van der Waals surface area (Å²) in [6, 6.07) is -0.192. The second-order valence-electron chi connectivity index (χ2n) is 14.7. The average Bonchev–Trinajstić information content (AvgIpc) is 3.35. The number of amides is 6. The number of carbonyl (C=O) groups excluding carboxylic acids is 6. The van der Waals surface area contributed by atoms with Crippen LogP contribution in [0.3, 0.4) is 0 Å². The third kappa shape index (κ3) is 7.04. The van der Waals surface area contributed by atoms with Gasteiger partial charge in [0.1, 0.15) is 13.2 Å². The van der Waals surface area contributed by atoms with Crippen LogP contribution in [0, 0.1) is 34.5 Å². The van der Waals surface area contributed by atoms with Crippen LogP contribution in [0.2, 0.25) is 0 Å². The standard InChI is InChI=1S/C32H48N4O8/c1-31(2)16-20(34-30(42)44-15-13-36-27(39)23-10-6-7-11-24(23)28(36)40)17-32(3,18-31)19-33-29(41)43-14-12-35-25(37)21-8-4-5-9-22(21)26(35)38/h20-24H,4-19H2,1-3H3,(H,33,41)(H,34,42). The smallest absolute Gasteiger partial charge is 0.407 e. The fourth-order valence-electron chi connectivity index (χ4n) is 8.78. The van der Waals surface area contributed by atoms with Crippen molar-refractivity contribution in [3.05, 3.63) is 0 Å². The minimum atomic E-state index is -0.610. The van der Waals surface area contributed by atoms with Crippen LogP contribution < -0.4 is 10.6 Å². The highest BCUT2D eigenvalue weighted by Gasteiger charge is 2.49. The molecule has 3 aliphatic carbocycles. The van der Waals surface area contributed by atoms with Crippen molar-refractivity contribution in [2.75, 3.05) is 32.8 Å². The van der Waals surface area contributed by atoms with E-state index in [0.717, 1.165) is 64.2 Å². The number of rotatable bonds is 9. The molecule has 2 N–H and O–H groups in total. The summed E-state index contributed by atoms with van der Waals surface area (Å²) < 4.78 is 10.7. The van der Waals surface area contributed by atoms with Gasteiger partial charge in [-0.3, -0.25) is 29.0 Å². The number of hydrogen-bond donors (Lipinski definition) is 2. The molecular formula is C32H48N4O8. The van der Waals surface area contributed by atoms with E-state index >= 15 is 0 Å². The lowest BCUT2D eigenvalue weighted by atomic mass is 9.62. The Balaban J connectivity index is 1.04. The zero-order chi connectivity index (χ0) is 31.6. The number of hydrogen-bond acceptors (Lipinski definition) is 8. The van der Waals surface area contributed by atoms with Crippen molar-refractivity contribution in [1.82, 2.24) is 20.4 Å². The average molecular weight is 617 g/mol. The van der Waals surface area contributed by atoms with Crippen LogP contribution in [-0.4, -0.2) is 84.5 Å². The number of alkyl carbamates (subject to hydrolysis) is 2. The molecule has 0 aromatic carbocycles. The number of carbonyl (C=O) groups is 6. The largest absolute Gasteiger partial charge is 0.448 e. The molecule has 0 radical (unpaired) electrons. The molecule has 3 saturated carbocycles. The normalized spacial score (nSPS) is 33.1. The molecule has 6 amide bonds. The summed E-state index contributed by atoms with van der Waals surface area (Å²) in [6.45, 7) is 6.65. The first-order valence-electron chi connectivity index (χ1n) is 16.4. The molecule has 6 unspecified atom stereocenters. The number of imide groups is 2. The third-order valence-corrected chi connectivity index (χ3v) is 10.4. The number of nitrogens with zero attached hydrogens (tertiary/aromatic N) is 2. The lowest BCUT2D eigenvalue weighted by Crippen LogP contribution is -2.50. The maximum Gasteiger partial charge on any atom is 0.407 e. The van der Waals surface area contributed by atoms with E-state index < -0.39 is 12.2 Å². The topological polar surface area (TPSA) is 151 Å². The van der Waals surface area contributed by atoms with Crippen LogP contribution in [0.25, 0.3) is 0 Å². The van der Waals surface area contributed by atoms with Crippen molar-refractivity contribution in [3.8, 4) is 0 Å². The third-order valence-electron chi connectivity index (χ3n) is 10.4. The van der Waals surface area contributed by atoms with Gasteiger partial charge in [0.25, 0.3) is 0 Å². The van der Waals surface area contributed by atoms with Crippen molar-refractivity contribution in [2.24, 2.45) is 34.5 Å². The summed E-state index contributed by atoms with van der Waals surface area (Å²) in [4.78, 5) is 78.3. The van der Waals surface area contributed by atoms with Crippen molar-refractivity contribution >= 4 is 35.8 Å². The van der Waals surface area contributed by atoms with Crippen LogP contribution in [0.15, 0.2) is 0 Å². The molecule has 6 atom stereocenters. The quantitative estimate of drug-likeness (QED) is 0.374. The molecule has 12 heteroatoms. The predicted octanol–water partition coefficient (Wildman–Crippen LogP) is 3.37. The zero-order valence-corrected chi connectivity index (χ0v) is 26.4. The molecule has 2 saturated heterocycles. The SMILES string of the molecule is CC1(C)CC(NC(=O)OCCN2C(=O)C3CCCCC3C2=O)CC(C)(CNC(=O)OCCN2C(=O)C3CCCCC3C2=O)C1. The number of ether oxygens (including phenoxy) is 2. The van der Waals surface area contributed by atoms with Gasteiger partial charge in [0.05, 0.1) is 36.8 Å². The molecule has 0 bridgehead atoms.